The third kappa shape index (κ3) is 3.05. The summed E-state index contributed by atoms with van der Waals surface area (Å²) >= 11 is 3.53. The van der Waals surface area contributed by atoms with Gasteiger partial charge in [0.15, 0.2) is 0 Å². The Labute approximate surface area is 128 Å². The van der Waals surface area contributed by atoms with Crippen LogP contribution in [0.25, 0.3) is 0 Å². The number of fused-ring (bicyclic) bond motifs is 1. The zero-order chi connectivity index (χ0) is 13.9. The minimum Gasteiger partial charge on any atom is -0.382 e. The van der Waals surface area contributed by atoms with E-state index in [4.69, 9.17) is 4.74 Å². The van der Waals surface area contributed by atoms with Crippen LogP contribution in [-0.4, -0.2) is 13.2 Å². The van der Waals surface area contributed by atoms with E-state index < -0.39 is 0 Å². The Morgan fingerprint density at radius 3 is 2.95 bits per heavy atom. The number of aryl methyl sites for hydroxylation is 1. The smallest absolute Gasteiger partial charge is 0.0999 e. The van der Waals surface area contributed by atoms with Gasteiger partial charge in [0, 0.05) is 16.7 Å². The van der Waals surface area contributed by atoms with Gasteiger partial charge < -0.3 is 10.1 Å². The van der Waals surface area contributed by atoms with E-state index in [-0.39, 0.29) is 6.10 Å². The fraction of sp³-hybridized carbons (Fsp3) is 0.294. The zero-order valence-corrected chi connectivity index (χ0v) is 13.1. The Bertz CT molecular complexity index is 591. The number of hydrogen-bond acceptors (Lipinski definition) is 2. The standard InChI is InChI=1S/C17H18BrNO/c1-12-8-14(18)10-15(9-12)19-11-17-16-5-3-2-4-13(16)6-7-20-17/h2-5,8-10,17,19H,6-7,11H2,1H3. The molecule has 3 heteroatoms. The first-order valence-corrected chi connectivity index (χ1v) is 7.72. The Morgan fingerprint density at radius 2 is 2.10 bits per heavy atom. The molecular weight excluding hydrogens is 314 g/mol. The van der Waals surface area contributed by atoms with E-state index in [1.807, 2.05) is 0 Å². The van der Waals surface area contributed by atoms with Crippen LogP contribution in [0.2, 0.25) is 0 Å². The quantitative estimate of drug-likeness (QED) is 0.895. The molecule has 0 spiro atoms. The van der Waals surface area contributed by atoms with Gasteiger partial charge in [-0.2, -0.15) is 0 Å². The zero-order valence-electron chi connectivity index (χ0n) is 11.5. The van der Waals surface area contributed by atoms with Crippen LogP contribution in [0, 0.1) is 6.92 Å². The summed E-state index contributed by atoms with van der Waals surface area (Å²) in [6.45, 7) is 3.70. The molecule has 0 fully saturated rings. The van der Waals surface area contributed by atoms with E-state index in [0.29, 0.717) is 0 Å². The van der Waals surface area contributed by atoms with Gasteiger partial charge in [0.2, 0.25) is 0 Å². The van der Waals surface area contributed by atoms with Crippen molar-refractivity contribution in [1.82, 2.24) is 0 Å². The second kappa shape index (κ2) is 5.98. The molecule has 1 N–H and O–H groups in total. The van der Waals surface area contributed by atoms with Crippen molar-refractivity contribution in [3.8, 4) is 0 Å². The van der Waals surface area contributed by atoms with Crippen molar-refractivity contribution >= 4 is 21.6 Å². The molecule has 2 nitrogen and oxygen atoms in total. The first kappa shape index (κ1) is 13.7. The maximum atomic E-state index is 5.91. The van der Waals surface area contributed by atoms with Gasteiger partial charge >= 0.3 is 0 Å². The van der Waals surface area contributed by atoms with Crippen LogP contribution in [0.1, 0.15) is 22.8 Å². The van der Waals surface area contributed by atoms with Crippen molar-refractivity contribution in [3.05, 3.63) is 63.6 Å². The van der Waals surface area contributed by atoms with E-state index in [1.165, 1.54) is 16.7 Å². The number of halogens is 1. The summed E-state index contributed by atoms with van der Waals surface area (Å²) in [6, 6.07) is 14.9. The van der Waals surface area contributed by atoms with Gasteiger partial charge in [-0.25, -0.2) is 0 Å². The molecule has 0 aromatic heterocycles. The van der Waals surface area contributed by atoms with Gasteiger partial charge in [-0.05, 0) is 48.2 Å². The summed E-state index contributed by atoms with van der Waals surface area (Å²) < 4.78 is 7.01. The monoisotopic (exact) mass is 331 g/mol. The molecule has 0 saturated carbocycles. The lowest BCUT2D eigenvalue weighted by Crippen LogP contribution is -2.22. The van der Waals surface area contributed by atoms with Crippen molar-refractivity contribution in [2.45, 2.75) is 19.4 Å². The number of nitrogens with one attached hydrogen (secondary N) is 1. The highest BCUT2D eigenvalue weighted by Gasteiger charge is 2.19. The van der Waals surface area contributed by atoms with Crippen molar-refractivity contribution in [2.24, 2.45) is 0 Å². The Hall–Kier alpha value is -1.32. The highest BCUT2D eigenvalue weighted by Crippen LogP contribution is 2.27. The molecule has 20 heavy (non-hydrogen) atoms. The highest BCUT2D eigenvalue weighted by atomic mass is 79.9. The van der Waals surface area contributed by atoms with Gasteiger partial charge in [-0.3, -0.25) is 0 Å². The van der Waals surface area contributed by atoms with E-state index in [1.54, 1.807) is 0 Å². The molecule has 0 radical (unpaired) electrons. The molecule has 0 saturated heterocycles. The molecular formula is C17H18BrNO. The first-order valence-electron chi connectivity index (χ1n) is 6.93. The highest BCUT2D eigenvalue weighted by molar-refractivity contribution is 9.10. The third-order valence-electron chi connectivity index (χ3n) is 3.63. The number of hydrogen-bond donors (Lipinski definition) is 1. The fourth-order valence-corrected chi connectivity index (χ4v) is 3.30. The number of rotatable bonds is 3. The summed E-state index contributed by atoms with van der Waals surface area (Å²) in [6.07, 6.45) is 1.15. The van der Waals surface area contributed by atoms with Crippen molar-refractivity contribution in [2.75, 3.05) is 18.5 Å². The van der Waals surface area contributed by atoms with Crippen molar-refractivity contribution < 1.29 is 4.74 Å². The van der Waals surface area contributed by atoms with Gasteiger partial charge in [0.25, 0.3) is 0 Å². The lowest BCUT2D eigenvalue weighted by molar-refractivity contribution is 0.0513. The lowest BCUT2D eigenvalue weighted by Gasteiger charge is -2.26. The Kier molecular flexibility index (Phi) is 4.08. The SMILES string of the molecule is Cc1cc(Br)cc(NCC2OCCc3ccccc32)c1. The number of benzene rings is 2. The molecule has 2 aromatic rings. The summed E-state index contributed by atoms with van der Waals surface area (Å²) in [7, 11) is 0. The predicted octanol–water partition coefficient (Wildman–Crippen LogP) is 4.48. The van der Waals surface area contributed by atoms with Gasteiger partial charge in [0.1, 0.15) is 0 Å². The Balaban J connectivity index is 1.73. The summed E-state index contributed by atoms with van der Waals surface area (Å²) in [5.41, 5.74) is 5.10. The molecule has 0 bridgehead atoms. The van der Waals surface area contributed by atoms with Crippen molar-refractivity contribution in [1.29, 1.82) is 0 Å². The first-order chi connectivity index (χ1) is 9.72. The van der Waals surface area contributed by atoms with E-state index >= 15 is 0 Å². The maximum absolute atomic E-state index is 5.91. The molecule has 0 amide bonds. The van der Waals surface area contributed by atoms with Crippen LogP contribution in [0.5, 0.6) is 0 Å². The average molecular weight is 332 g/mol. The van der Waals surface area contributed by atoms with Crippen LogP contribution in [-0.2, 0) is 11.2 Å². The normalized spacial score (nSPS) is 17.6. The predicted molar refractivity (Wildman–Crippen MR) is 86.2 cm³/mol. The molecule has 1 heterocycles. The molecule has 3 rings (SSSR count). The summed E-state index contributed by atoms with van der Waals surface area (Å²) in [5, 5.41) is 3.48. The summed E-state index contributed by atoms with van der Waals surface area (Å²) in [5.74, 6) is 0. The minimum atomic E-state index is 0.138. The van der Waals surface area contributed by atoms with E-state index in [0.717, 1.165) is 29.7 Å². The van der Waals surface area contributed by atoms with Crippen LogP contribution < -0.4 is 5.32 Å². The molecule has 104 valence electrons. The molecule has 1 aliphatic rings. The van der Waals surface area contributed by atoms with E-state index in [9.17, 15) is 0 Å². The second-order valence-electron chi connectivity index (χ2n) is 5.21. The topological polar surface area (TPSA) is 21.3 Å². The van der Waals surface area contributed by atoms with Gasteiger partial charge in [-0.1, -0.05) is 40.2 Å². The van der Waals surface area contributed by atoms with E-state index in [2.05, 4.69) is 70.6 Å². The van der Waals surface area contributed by atoms with Crippen LogP contribution in [0.4, 0.5) is 5.69 Å². The number of ether oxygens (including phenoxy) is 1. The minimum absolute atomic E-state index is 0.138. The third-order valence-corrected chi connectivity index (χ3v) is 4.08. The largest absolute Gasteiger partial charge is 0.382 e. The van der Waals surface area contributed by atoms with Gasteiger partial charge in [0.05, 0.1) is 12.7 Å². The van der Waals surface area contributed by atoms with Gasteiger partial charge in [-0.15, -0.1) is 0 Å². The molecule has 0 aliphatic carbocycles. The second-order valence-corrected chi connectivity index (χ2v) is 6.12. The average Bonchev–Trinajstić information content (AvgIpc) is 2.44. The van der Waals surface area contributed by atoms with Crippen LogP contribution >= 0.6 is 15.9 Å². The lowest BCUT2D eigenvalue weighted by atomic mass is 9.97. The maximum Gasteiger partial charge on any atom is 0.0999 e. The number of anilines is 1. The molecule has 2 aromatic carbocycles. The Morgan fingerprint density at radius 1 is 1.25 bits per heavy atom. The molecule has 1 aliphatic heterocycles. The molecule has 1 unspecified atom stereocenters. The molecule has 1 atom stereocenters. The van der Waals surface area contributed by atoms with Crippen LogP contribution in [0.15, 0.2) is 46.9 Å². The summed E-state index contributed by atoms with van der Waals surface area (Å²) in [4.78, 5) is 0. The van der Waals surface area contributed by atoms with Crippen LogP contribution in [0.3, 0.4) is 0 Å². The van der Waals surface area contributed by atoms with Crippen molar-refractivity contribution in [3.63, 3.8) is 0 Å². The fourth-order valence-electron chi connectivity index (χ4n) is 2.69.